The first-order chi connectivity index (χ1) is 9.04. The highest BCUT2D eigenvalue weighted by Gasteiger charge is 2.10. The lowest BCUT2D eigenvalue weighted by Crippen LogP contribution is -2.38. The second-order valence-corrected chi connectivity index (χ2v) is 4.04. The van der Waals surface area contributed by atoms with Crippen molar-refractivity contribution >= 4 is 0 Å². The number of benzene rings is 1. The van der Waals surface area contributed by atoms with Crippen LogP contribution in [0.4, 0.5) is 0 Å². The molecule has 0 spiro atoms. The normalized spacial score (nSPS) is 10.1. The molecule has 0 aliphatic rings. The molecule has 1 heterocycles. The van der Waals surface area contributed by atoms with Crippen LogP contribution < -0.4 is 11.2 Å². The smallest absolute Gasteiger partial charge is 0.333 e. The number of nitriles is 1. The fourth-order valence-electron chi connectivity index (χ4n) is 1.74. The van der Waals surface area contributed by atoms with E-state index in [1.807, 2.05) is 6.07 Å². The fraction of sp³-hybridized carbons (Fsp3) is 0.154. The average Bonchev–Trinajstić information content (AvgIpc) is 2.41. The molecule has 0 atom stereocenters. The van der Waals surface area contributed by atoms with E-state index in [9.17, 15) is 14.7 Å². The summed E-state index contributed by atoms with van der Waals surface area (Å²) in [4.78, 5) is 23.6. The molecule has 0 bridgehead atoms. The maximum absolute atomic E-state index is 11.9. The Morgan fingerprint density at radius 1 is 1.32 bits per heavy atom. The summed E-state index contributed by atoms with van der Waals surface area (Å²) in [5, 5.41) is 18.3. The maximum Gasteiger partial charge on any atom is 0.333 e. The van der Waals surface area contributed by atoms with Crippen molar-refractivity contribution in [3.8, 4) is 11.9 Å². The number of hydrogen-bond donors (Lipinski definition) is 1. The minimum atomic E-state index is -0.627. The van der Waals surface area contributed by atoms with Crippen LogP contribution in [0.5, 0.6) is 5.88 Å². The summed E-state index contributed by atoms with van der Waals surface area (Å²) in [6, 6.07) is 9.71. The van der Waals surface area contributed by atoms with Gasteiger partial charge in [-0.05, 0) is 11.6 Å². The lowest BCUT2D eigenvalue weighted by atomic mass is 10.1. The fourth-order valence-corrected chi connectivity index (χ4v) is 1.74. The van der Waals surface area contributed by atoms with Gasteiger partial charge in [-0.25, -0.2) is 4.79 Å². The Balaban J connectivity index is 2.57. The maximum atomic E-state index is 11.9. The van der Waals surface area contributed by atoms with Gasteiger partial charge in [-0.2, -0.15) is 5.26 Å². The highest BCUT2D eigenvalue weighted by molar-refractivity contribution is 5.37. The first-order valence-electron chi connectivity index (χ1n) is 5.52. The van der Waals surface area contributed by atoms with Gasteiger partial charge in [0.15, 0.2) is 5.88 Å². The molecule has 6 heteroatoms. The zero-order valence-electron chi connectivity index (χ0n) is 10.2. The summed E-state index contributed by atoms with van der Waals surface area (Å²) in [6.07, 6.45) is 0. The van der Waals surface area contributed by atoms with E-state index in [1.54, 1.807) is 24.3 Å². The van der Waals surface area contributed by atoms with Gasteiger partial charge in [0, 0.05) is 7.05 Å². The Morgan fingerprint density at radius 2 is 2.00 bits per heavy atom. The molecule has 0 saturated heterocycles. The van der Waals surface area contributed by atoms with E-state index in [1.165, 1.54) is 7.05 Å². The predicted molar refractivity (Wildman–Crippen MR) is 67.9 cm³/mol. The zero-order chi connectivity index (χ0) is 14.0. The Morgan fingerprint density at radius 3 is 2.68 bits per heavy atom. The third kappa shape index (κ3) is 2.26. The lowest BCUT2D eigenvalue weighted by Gasteiger charge is -2.09. The van der Waals surface area contributed by atoms with Crippen molar-refractivity contribution in [1.82, 2.24) is 9.13 Å². The molecule has 0 radical (unpaired) electrons. The van der Waals surface area contributed by atoms with E-state index in [-0.39, 0.29) is 12.4 Å². The number of aromatic hydroxyl groups is 1. The molecule has 2 aromatic rings. The summed E-state index contributed by atoms with van der Waals surface area (Å²) in [6.45, 7) is -0.00444. The van der Waals surface area contributed by atoms with Crippen LogP contribution in [0, 0.1) is 11.3 Å². The summed E-state index contributed by atoms with van der Waals surface area (Å²) < 4.78 is 1.94. The highest BCUT2D eigenvalue weighted by Crippen LogP contribution is 2.08. The second-order valence-electron chi connectivity index (χ2n) is 4.04. The van der Waals surface area contributed by atoms with Crippen LogP contribution in [-0.2, 0) is 13.6 Å². The molecule has 0 unspecified atom stereocenters. The van der Waals surface area contributed by atoms with E-state index in [2.05, 4.69) is 0 Å². The molecule has 1 aromatic carbocycles. The van der Waals surface area contributed by atoms with Gasteiger partial charge < -0.3 is 5.11 Å². The summed E-state index contributed by atoms with van der Waals surface area (Å²) in [5.74, 6) is -0.389. The summed E-state index contributed by atoms with van der Waals surface area (Å²) >= 11 is 0. The molecule has 0 aliphatic heterocycles. The molecule has 1 N–H and O–H groups in total. The van der Waals surface area contributed by atoms with Crippen LogP contribution in [-0.4, -0.2) is 14.2 Å². The van der Waals surface area contributed by atoms with Crippen LogP contribution >= 0.6 is 0 Å². The predicted octanol–water partition coefficient (Wildman–Crippen LogP) is 0.173. The quantitative estimate of drug-likeness (QED) is 0.830. The van der Waals surface area contributed by atoms with Gasteiger partial charge in [0.25, 0.3) is 5.56 Å². The van der Waals surface area contributed by atoms with Gasteiger partial charge in [0.1, 0.15) is 0 Å². The third-order valence-corrected chi connectivity index (χ3v) is 2.85. The van der Waals surface area contributed by atoms with Crippen molar-refractivity contribution in [3.63, 3.8) is 0 Å². The molecule has 6 nitrogen and oxygen atoms in total. The molecular weight excluding hydrogens is 246 g/mol. The Bertz CT molecular complexity index is 781. The standard InChI is InChI=1S/C13H11N3O3/c1-15-11(17)6-12(18)16(13(15)19)8-10-5-3-2-4-9(10)7-14/h2-6,17H,8H2,1H3. The lowest BCUT2D eigenvalue weighted by molar-refractivity contribution is 0.409. The first-order valence-corrected chi connectivity index (χ1v) is 5.52. The largest absolute Gasteiger partial charge is 0.494 e. The molecule has 0 aliphatic carbocycles. The number of aromatic nitrogens is 2. The average molecular weight is 257 g/mol. The minimum absolute atomic E-state index is 0.00444. The summed E-state index contributed by atoms with van der Waals surface area (Å²) in [5.41, 5.74) is -0.245. The molecule has 96 valence electrons. The van der Waals surface area contributed by atoms with Crippen molar-refractivity contribution in [2.45, 2.75) is 6.54 Å². The minimum Gasteiger partial charge on any atom is -0.494 e. The molecule has 0 fully saturated rings. The van der Waals surface area contributed by atoms with Crippen molar-refractivity contribution in [1.29, 1.82) is 5.26 Å². The SMILES string of the molecule is Cn1c(O)cc(=O)n(Cc2ccccc2C#N)c1=O. The zero-order valence-corrected chi connectivity index (χ0v) is 10.2. The molecule has 0 amide bonds. The Labute approximate surface area is 108 Å². The first kappa shape index (κ1) is 12.6. The number of nitrogens with zero attached hydrogens (tertiary/aromatic N) is 3. The van der Waals surface area contributed by atoms with Gasteiger partial charge >= 0.3 is 5.69 Å². The third-order valence-electron chi connectivity index (χ3n) is 2.85. The molecular formula is C13H11N3O3. The highest BCUT2D eigenvalue weighted by atomic mass is 16.3. The summed E-state index contributed by atoms with van der Waals surface area (Å²) in [7, 11) is 1.36. The van der Waals surface area contributed by atoms with E-state index >= 15 is 0 Å². The van der Waals surface area contributed by atoms with Crippen LogP contribution in [0.3, 0.4) is 0 Å². The molecule has 2 rings (SSSR count). The van der Waals surface area contributed by atoms with Crippen molar-refractivity contribution in [2.24, 2.45) is 7.05 Å². The van der Waals surface area contributed by atoms with E-state index < -0.39 is 11.2 Å². The van der Waals surface area contributed by atoms with Crippen molar-refractivity contribution < 1.29 is 5.11 Å². The molecule has 1 aromatic heterocycles. The second kappa shape index (κ2) is 4.82. The van der Waals surface area contributed by atoms with Crippen LogP contribution in [0.15, 0.2) is 39.9 Å². The molecule has 0 saturated carbocycles. The van der Waals surface area contributed by atoms with Gasteiger partial charge in [-0.15, -0.1) is 0 Å². The number of rotatable bonds is 2. The van der Waals surface area contributed by atoms with Gasteiger partial charge in [-0.3, -0.25) is 13.9 Å². The van der Waals surface area contributed by atoms with Crippen molar-refractivity contribution in [3.05, 3.63) is 62.3 Å². The van der Waals surface area contributed by atoms with Crippen molar-refractivity contribution in [2.75, 3.05) is 0 Å². The van der Waals surface area contributed by atoms with Crippen LogP contribution in [0.2, 0.25) is 0 Å². The topological polar surface area (TPSA) is 88.0 Å². The number of hydrogen-bond acceptors (Lipinski definition) is 4. The van der Waals surface area contributed by atoms with E-state index in [0.717, 1.165) is 15.2 Å². The monoisotopic (exact) mass is 257 g/mol. The Hall–Kier alpha value is -2.81. The van der Waals surface area contributed by atoms with Gasteiger partial charge in [0.2, 0.25) is 0 Å². The van der Waals surface area contributed by atoms with Gasteiger partial charge in [-0.1, -0.05) is 18.2 Å². The van der Waals surface area contributed by atoms with Gasteiger partial charge in [0.05, 0.1) is 24.2 Å². The molecule has 19 heavy (non-hydrogen) atoms. The van der Waals surface area contributed by atoms with Crippen LogP contribution in [0.1, 0.15) is 11.1 Å². The van der Waals surface area contributed by atoms with E-state index in [0.29, 0.717) is 11.1 Å². The van der Waals surface area contributed by atoms with E-state index in [4.69, 9.17) is 5.26 Å². The Kier molecular flexibility index (Phi) is 3.21. The van der Waals surface area contributed by atoms with Crippen LogP contribution in [0.25, 0.3) is 0 Å².